The predicted octanol–water partition coefficient (Wildman–Crippen LogP) is 1.57. The van der Waals surface area contributed by atoms with Crippen molar-refractivity contribution in [2.45, 2.75) is 18.2 Å². The van der Waals surface area contributed by atoms with Crippen LogP contribution in [0, 0.1) is 6.92 Å². The fourth-order valence-electron chi connectivity index (χ4n) is 2.77. The highest BCUT2D eigenvalue weighted by Gasteiger charge is 2.27. The lowest BCUT2D eigenvalue weighted by Crippen LogP contribution is -2.47. The first-order valence-electron chi connectivity index (χ1n) is 8.34. The zero-order chi connectivity index (χ0) is 18.7. The largest absolute Gasteiger partial charge is 0.326 e. The van der Waals surface area contributed by atoms with Gasteiger partial charge in [0.25, 0.3) is 0 Å². The number of thiazole rings is 1. The van der Waals surface area contributed by atoms with Crippen molar-refractivity contribution in [3.63, 3.8) is 0 Å². The lowest BCUT2D eigenvalue weighted by Gasteiger charge is -2.31. The number of amides is 1. The van der Waals surface area contributed by atoms with Gasteiger partial charge in [-0.3, -0.25) is 4.79 Å². The molecule has 0 saturated carbocycles. The summed E-state index contributed by atoms with van der Waals surface area (Å²) in [4.78, 5) is 18.7. The number of hydrogen-bond acceptors (Lipinski definition) is 6. The number of carbonyl (C=O) groups is 1. The number of sulfonamides is 1. The molecule has 2 heterocycles. The summed E-state index contributed by atoms with van der Waals surface area (Å²) in [6.45, 7) is 4.25. The molecule has 1 aliphatic rings. The second-order valence-corrected chi connectivity index (χ2v) is 9.32. The molecule has 1 aromatic carbocycles. The van der Waals surface area contributed by atoms with E-state index in [1.807, 2.05) is 19.4 Å². The molecule has 1 amide bonds. The molecule has 9 heteroatoms. The summed E-state index contributed by atoms with van der Waals surface area (Å²) < 4.78 is 27.1. The number of nitrogens with one attached hydrogen (secondary N) is 1. The second-order valence-electron chi connectivity index (χ2n) is 6.32. The van der Waals surface area contributed by atoms with Crippen LogP contribution in [0.5, 0.6) is 0 Å². The molecule has 0 bridgehead atoms. The molecule has 140 valence electrons. The molecule has 0 aliphatic carbocycles. The molecule has 0 spiro atoms. The van der Waals surface area contributed by atoms with Crippen LogP contribution in [0.2, 0.25) is 0 Å². The Morgan fingerprint density at radius 1 is 1.27 bits per heavy atom. The Hall–Kier alpha value is -1.81. The molecule has 2 aromatic rings. The standard InChI is InChI=1S/C17H22N4O3S2/c1-13-18-15(12-25-13)11-17(22)19-14-4-3-5-16(10-14)26(23,24)21-8-6-20(2)7-9-21/h3-5,10,12H,6-9,11H2,1-2H3,(H,19,22). The third-order valence-corrected chi connectivity index (χ3v) is 6.94. The van der Waals surface area contributed by atoms with E-state index < -0.39 is 10.0 Å². The van der Waals surface area contributed by atoms with Crippen LogP contribution in [0.3, 0.4) is 0 Å². The number of benzene rings is 1. The zero-order valence-corrected chi connectivity index (χ0v) is 16.4. The van der Waals surface area contributed by atoms with Gasteiger partial charge in [-0.2, -0.15) is 4.31 Å². The van der Waals surface area contributed by atoms with Gasteiger partial charge in [0, 0.05) is 37.2 Å². The minimum atomic E-state index is -3.55. The molecule has 0 atom stereocenters. The summed E-state index contributed by atoms with van der Waals surface area (Å²) in [7, 11) is -1.58. The highest BCUT2D eigenvalue weighted by molar-refractivity contribution is 7.89. The average Bonchev–Trinajstić information content (AvgIpc) is 3.00. The smallest absolute Gasteiger partial charge is 0.243 e. The number of piperazine rings is 1. The van der Waals surface area contributed by atoms with E-state index in [9.17, 15) is 13.2 Å². The maximum absolute atomic E-state index is 12.8. The van der Waals surface area contributed by atoms with Gasteiger partial charge in [0.2, 0.25) is 15.9 Å². The van der Waals surface area contributed by atoms with E-state index in [-0.39, 0.29) is 17.2 Å². The van der Waals surface area contributed by atoms with Gasteiger partial charge in [-0.1, -0.05) is 6.07 Å². The molecule has 1 N–H and O–H groups in total. The van der Waals surface area contributed by atoms with Crippen molar-refractivity contribution in [1.29, 1.82) is 0 Å². The molecule has 1 saturated heterocycles. The van der Waals surface area contributed by atoms with E-state index in [0.717, 1.165) is 5.01 Å². The number of carbonyl (C=O) groups excluding carboxylic acids is 1. The normalized spacial score (nSPS) is 16.5. The zero-order valence-electron chi connectivity index (χ0n) is 14.8. The van der Waals surface area contributed by atoms with Crippen molar-refractivity contribution >= 4 is 33.0 Å². The maximum atomic E-state index is 12.8. The van der Waals surface area contributed by atoms with Crippen LogP contribution >= 0.6 is 11.3 Å². The molecule has 1 aliphatic heterocycles. The van der Waals surface area contributed by atoms with Crippen molar-refractivity contribution in [2.75, 3.05) is 38.5 Å². The Bertz CT molecular complexity index is 887. The van der Waals surface area contributed by atoms with E-state index in [4.69, 9.17) is 0 Å². The van der Waals surface area contributed by atoms with Gasteiger partial charge in [-0.15, -0.1) is 11.3 Å². The summed E-state index contributed by atoms with van der Waals surface area (Å²) >= 11 is 1.50. The number of hydrogen-bond donors (Lipinski definition) is 1. The molecule has 1 aromatic heterocycles. The molecule has 0 radical (unpaired) electrons. The van der Waals surface area contributed by atoms with Crippen molar-refractivity contribution in [3.05, 3.63) is 40.3 Å². The van der Waals surface area contributed by atoms with Crippen LogP contribution in [-0.2, 0) is 21.2 Å². The first kappa shape index (κ1) is 19.0. The van der Waals surface area contributed by atoms with Crippen molar-refractivity contribution < 1.29 is 13.2 Å². The topological polar surface area (TPSA) is 82.6 Å². The van der Waals surface area contributed by atoms with Crippen LogP contribution in [-0.4, -0.2) is 61.7 Å². The van der Waals surface area contributed by atoms with E-state index in [1.54, 1.807) is 18.2 Å². The molecular formula is C17H22N4O3S2. The van der Waals surface area contributed by atoms with E-state index in [2.05, 4.69) is 15.2 Å². The molecule has 1 fully saturated rings. The number of aromatic nitrogens is 1. The summed E-state index contributed by atoms with van der Waals surface area (Å²) in [6, 6.07) is 6.41. The molecular weight excluding hydrogens is 372 g/mol. The van der Waals surface area contributed by atoms with Gasteiger partial charge in [0.15, 0.2) is 0 Å². The minimum absolute atomic E-state index is 0.166. The first-order chi connectivity index (χ1) is 12.3. The number of aryl methyl sites for hydroxylation is 1. The highest BCUT2D eigenvalue weighted by atomic mass is 32.2. The monoisotopic (exact) mass is 394 g/mol. The Balaban J connectivity index is 1.70. The summed E-state index contributed by atoms with van der Waals surface area (Å²) in [5.74, 6) is -0.218. The molecule has 3 rings (SSSR count). The Morgan fingerprint density at radius 3 is 2.65 bits per heavy atom. The summed E-state index contributed by atoms with van der Waals surface area (Å²) in [6.07, 6.45) is 0.166. The fraction of sp³-hybridized carbons (Fsp3) is 0.412. The fourth-order valence-corrected chi connectivity index (χ4v) is 4.85. The summed E-state index contributed by atoms with van der Waals surface area (Å²) in [5.41, 5.74) is 1.18. The Kier molecular flexibility index (Phi) is 5.71. The predicted molar refractivity (Wildman–Crippen MR) is 102 cm³/mol. The van der Waals surface area contributed by atoms with Crippen LogP contribution in [0.4, 0.5) is 5.69 Å². The lowest BCUT2D eigenvalue weighted by atomic mass is 10.3. The van der Waals surface area contributed by atoms with Crippen LogP contribution in [0.15, 0.2) is 34.5 Å². The van der Waals surface area contributed by atoms with Crippen molar-refractivity contribution in [1.82, 2.24) is 14.2 Å². The quantitative estimate of drug-likeness (QED) is 0.832. The molecule has 0 unspecified atom stereocenters. The van der Waals surface area contributed by atoms with Gasteiger partial charge < -0.3 is 10.2 Å². The van der Waals surface area contributed by atoms with E-state index >= 15 is 0 Å². The number of anilines is 1. The van der Waals surface area contributed by atoms with Gasteiger partial charge in [-0.05, 0) is 32.2 Å². The van der Waals surface area contributed by atoms with Gasteiger partial charge in [0.05, 0.1) is 22.0 Å². The molecule has 7 nitrogen and oxygen atoms in total. The van der Waals surface area contributed by atoms with Gasteiger partial charge in [-0.25, -0.2) is 13.4 Å². The molecule has 26 heavy (non-hydrogen) atoms. The SMILES string of the molecule is Cc1nc(CC(=O)Nc2cccc(S(=O)(=O)N3CCN(C)CC3)c2)cs1. The third kappa shape index (κ3) is 4.47. The van der Waals surface area contributed by atoms with Crippen LogP contribution in [0.1, 0.15) is 10.7 Å². The number of nitrogens with zero attached hydrogens (tertiary/aromatic N) is 3. The first-order valence-corrected chi connectivity index (χ1v) is 10.7. The Labute approximate surface area is 157 Å². The second kappa shape index (κ2) is 7.83. The maximum Gasteiger partial charge on any atom is 0.243 e. The van der Waals surface area contributed by atoms with Crippen LogP contribution < -0.4 is 5.32 Å². The number of likely N-dealkylation sites (N-methyl/N-ethyl adjacent to an activating group) is 1. The minimum Gasteiger partial charge on any atom is -0.326 e. The van der Waals surface area contributed by atoms with Crippen LogP contribution in [0.25, 0.3) is 0 Å². The van der Waals surface area contributed by atoms with E-state index in [0.29, 0.717) is 37.6 Å². The van der Waals surface area contributed by atoms with Gasteiger partial charge >= 0.3 is 0 Å². The summed E-state index contributed by atoms with van der Waals surface area (Å²) in [5, 5.41) is 5.52. The average molecular weight is 395 g/mol. The lowest BCUT2D eigenvalue weighted by molar-refractivity contribution is -0.115. The number of rotatable bonds is 5. The van der Waals surface area contributed by atoms with Crippen molar-refractivity contribution in [3.8, 4) is 0 Å². The highest BCUT2D eigenvalue weighted by Crippen LogP contribution is 2.21. The third-order valence-electron chi connectivity index (χ3n) is 4.23. The van der Waals surface area contributed by atoms with Crippen molar-refractivity contribution in [2.24, 2.45) is 0 Å². The van der Waals surface area contributed by atoms with Gasteiger partial charge in [0.1, 0.15) is 0 Å². The van der Waals surface area contributed by atoms with E-state index in [1.165, 1.54) is 21.7 Å². The Morgan fingerprint density at radius 2 is 2.00 bits per heavy atom.